The smallest absolute Gasteiger partial charge is 0.157 e. The SMILES string of the molecule is CC1CC(C)CC(NC2=NCC(c3ccccc3)S2)C1. The Kier molecular flexibility index (Phi) is 4.35. The van der Waals surface area contributed by atoms with Crippen molar-refractivity contribution in [3.8, 4) is 0 Å². The highest BCUT2D eigenvalue weighted by molar-refractivity contribution is 8.14. The summed E-state index contributed by atoms with van der Waals surface area (Å²) < 4.78 is 0. The minimum absolute atomic E-state index is 0.497. The highest BCUT2D eigenvalue weighted by atomic mass is 32.2. The second kappa shape index (κ2) is 6.21. The number of aliphatic imine (C=N–C) groups is 1. The Morgan fingerprint density at radius 2 is 1.75 bits per heavy atom. The van der Waals surface area contributed by atoms with Crippen molar-refractivity contribution in [1.29, 1.82) is 0 Å². The van der Waals surface area contributed by atoms with Crippen LogP contribution in [0.3, 0.4) is 0 Å². The molecule has 2 nitrogen and oxygen atoms in total. The van der Waals surface area contributed by atoms with Gasteiger partial charge in [-0.05, 0) is 36.7 Å². The summed E-state index contributed by atoms with van der Waals surface area (Å²) in [6.07, 6.45) is 3.96. The Balaban J connectivity index is 1.55. The van der Waals surface area contributed by atoms with Crippen LogP contribution in [0.1, 0.15) is 43.9 Å². The van der Waals surface area contributed by atoms with Gasteiger partial charge in [0.05, 0.1) is 11.8 Å². The summed E-state index contributed by atoms with van der Waals surface area (Å²) in [4.78, 5) is 4.71. The van der Waals surface area contributed by atoms with Crippen molar-refractivity contribution in [3.63, 3.8) is 0 Å². The second-order valence-corrected chi connectivity index (χ2v) is 7.61. The number of nitrogens with one attached hydrogen (secondary N) is 1. The molecule has 3 unspecified atom stereocenters. The molecule has 108 valence electrons. The first-order valence-corrected chi connectivity index (χ1v) is 8.61. The van der Waals surface area contributed by atoms with E-state index in [1.807, 2.05) is 11.8 Å². The third kappa shape index (κ3) is 3.38. The lowest BCUT2D eigenvalue weighted by atomic mass is 9.80. The molecule has 1 aromatic rings. The molecule has 3 rings (SSSR count). The first-order chi connectivity index (χ1) is 9.70. The number of nitrogens with zero attached hydrogens (tertiary/aromatic N) is 1. The van der Waals surface area contributed by atoms with Crippen molar-refractivity contribution in [2.45, 2.75) is 44.4 Å². The fourth-order valence-corrected chi connectivity index (χ4v) is 4.63. The first kappa shape index (κ1) is 14.0. The van der Waals surface area contributed by atoms with Gasteiger partial charge in [-0.25, -0.2) is 0 Å². The summed E-state index contributed by atoms with van der Waals surface area (Å²) in [6.45, 7) is 5.66. The zero-order valence-electron chi connectivity index (χ0n) is 12.4. The molecule has 1 aliphatic heterocycles. The molecule has 1 heterocycles. The van der Waals surface area contributed by atoms with Crippen LogP contribution in [0.15, 0.2) is 35.3 Å². The lowest BCUT2D eigenvalue weighted by molar-refractivity contribution is 0.257. The van der Waals surface area contributed by atoms with Gasteiger partial charge in [-0.15, -0.1) is 0 Å². The molecule has 2 aliphatic rings. The van der Waals surface area contributed by atoms with Crippen LogP contribution < -0.4 is 5.32 Å². The van der Waals surface area contributed by atoms with Crippen LogP contribution in [0.5, 0.6) is 0 Å². The van der Waals surface area contributed by atoms with Gasteiger partial charge >= 0.3 is 0 Å². The Bertz CT molecular complexity index is 461. The van der Waals surface area contributed by atoms with E-state index in [0.29, 0.717) is 11.3 Å². The molecule has 1 fully saturated rings. The van der Waals surface area contributed by atoms with Crippen molar-refractivity contribution in [1.82, 2.24) is 5.32 Å². The Labute approximate surface area is 126 Å². The largest absolute Gasteiger partial charge is 0.362 e. The minimum Gasteiger partial charge on any atom is -0.362 e. The fraction of sp³-hybridized carbons (Fsp3) is 0.588. The van der Waals surface area contributed by atoms with Crippen molar-refractivity contribution < 1.29 is 0 Å². The fourth-order valence-electron chi connectivity index (χ4n) is 3.54. The molecule has 3 heteroatoms. The Morgan fingerprint density at radius 1 is 1.05 bits per heavy atom. The van der Waals surface area contributed by atoms with E-state index < -0.39 is 0 Å². The lowest BCUT2D eigenvalue weighted by Gasteiger charge is -2.32. The number of hydrogen-bond donors (Lipinski definition) is 1. The van der Waals surface area contributed by atoms with Crippen molar-refractivity contribution >= 4 is 16.9 Å². The number of benzene rings is 1. The van der Waals surface area contributed by atoms with Gasteiger partial charge in [-0.2, -0.15) is 0 Å². The summed E-state index contributed by atoms with van der Waals surface area (Å²) >= 11 is 1.90. The molecule has 0 bridgehead atoms. The monoisotopic (exact) mass is 288 g/mol. The number of rotatable bonds is 2. The average Bonchev–Trinajstić information content (AvgIpc) is 2.87. The van der Waals surface area contributed by atoms with Crippen LogP contribution in [-0.4, -0.2) is 17.8 Å². The Morgan fingerprint density at radius 3 is 2.45 bits per heavy atom. The number of amidine groups is 1. The normalized spacial score (nSPS) is 33.8. The third-order valence-electron chi connectivity index (χ3n) is 4.33. The van der Waals surface area contributed by atoms with Crippen molar-refractivity contribution in [3.05, 3.63) is 35.9 Å². The molecular formula is C17H24N2S. The number of hydrogen-bond acceptors (Lipinski definition) is 3. The van der Waals surface area contributed by atoms with Gasteiger partial charge in [0.2, 0.25) is 0 Å². The van der Waals surface area contributed by atoms with Crippen LogP contribution in [0.25, 0.3) is 0 Å². The van der Waals surface area contributed by atoms with Crippen LogP contribution >= 0.6 is 11.8 Å². The van der Waals surface area contributed by atoms with E-state index in [-0.39, 0.29) is 0 Å². The van der Waals surface area contributed by atoms with E-state index >= 15 is 0 Å². The van der Waals surface area contributed by atoms with Gasteiger partial charge in [0.25, 0.3) is 0 Å². The highest BCUT2D eigenvalue weighted by Crippen LogP contribution is 2.35. The third-order valence-corrected chi connectivity index (χ3v) is 5.51. The predicted octanol–water partition coefficient (Wildman–Crippen LogP) is 4.24. The topological polar surface area (TPSA) is 24.4 Å². The molecule has 1 aromatic carbocycles. The highest BCUT2D eigenvalue weighted by Gasteiger charge is 2.27. The van der Waals surface area contributed by atoms with Crippen LogP contribution in [0, 0.1) is 11.8 Å². The molecule has 3 atom stereocenters. The van der Waals surface area contributed by atoms with Gasteiger partial charge in [-0.3, -0.25) is 4.99 Å². The van der Waals surface area contributed by atoms with E-state index in [1.54, 1.807) is 0 Å². The van der Waals surface area contributed by atoms with Crippen LogP contribution in [-0.2, 0) is 0 Å². The molecule has 0 aromatic heterocycles. The van der Waals surface area contributed by atoms with Gasteiger partial charge in [0, 0.05) is 6.04 Å². The molecule has 1 N–H and O–H groups in total. The van der Waals surface area contributed by atoms with Gasteiger partial charge < -0.3 is 5.32 Å². The standard InChI is InChI=1S/C17H24N2S/c1-12-8-13(2)10-15(9-12)19-17-18-11-16(20-17)14-6-4-3-5-7-14/h3-7,12-13,15-16H,8-11H2,1-2H3,(H,18,19). The first-order valence-electron chi connectivity index (χ1n) is 7.73. The molecular weight excluding hydrogens is 264 g/mol. The van der Waals surface area contributed by atoms with E-state index in [2.05, 4.69) is 49.5 Å². The van der Waals surface area contributed by atoms with Crippen LogP contribution in [0.4, 0.5) is 0 Å². The number of thioether (sulfide) groups is 1. The van der Waals surface area contributed by atoms with E-state index in [9.17, 15) is 0 Å². The summed E-state index contributed by atoms with van der Waals surface area (Å²) in [5.74, 6) is 1.68. The van der Waals surface area contributed by atoms with Gasteiger partial charge in [0.15, 0.2) is 5.17 Å². The maximum Gasteiger partial charge on any atom is 0.157 e. The van der Waals surface area contributed by atoms with Crippen molar-refractivity contribution in [2.75, 3.05) is 6.54 Å². The van der Waals surface area contributed by atoms with Crippen LogP contribution in [0.2, 0.25) is 0 Å². The van der Waals surface area contributed by atoms with Crippen molar-refractivity contribution in [2.24, 2.45) is 16.8 Å². The quantitative estimate of drug-likeness (QED) is 0.880. The maximum absolute atomic E-state index is 4.71. The molecule has 20 heavy (non-hydrogen) atoms. The van der Waals surface area contributed by atoms with Gasteiger partial charge in [-0.1, -0.05) is 55.9 Å². The lowest BCUT2D eigenvalue weighted by Crippen LogP contribution is -2.38. The van der Waals surface area contributed by atoms with E-state index in [0.717, 1.165) is 23.5 Å². The summed E-state index contributed by atoms with van der Waals surface area (Å²) in [7, 11) is 0. The summed E-state index contributed by atoms with van der Waals surface area (Å²) in [6, 6.07) is 11.3. The zero-order valence-corrected chi connectivity index (χ0v) is 13.2. The molecule has 0 spiro atoms. The molecule has 1 saturated carbocycles. The van der Waals surface area contributed by atoms with E-state index in [1.165, 1.54) is 24.8 Å². The van der Waals surface area contributed by atoms with E-state index in [4.69, 9.17) is 4.99 Å². The second-order valence-electron chi connectivity index (χ2n) is 6.42. The van der Waals surface area contributed by atoms with Gasteiger partial charge in [0.1, 0.15) is 0 Å². The predicted molar refractivity (Wildman–Crippen MR) is 88.2 cm³/mol. The average molecular weight is 288 g/mol. The summed E-state index contributed by atoms with van der Waals surface area (Å²) in [5, 5.41) is 5.35. The Hall–Kier alpha value is -0.960. The molecule has 0 amide bonds. The zero-order chi connectivity index (χ0) is 13.9. The molecule has 1 aliphatic carbocycles. The minimum atomic E-state index is 0.497. The molecule has 0 radical (unpaired) electrons. The summed E-state index contributed by atoms with van der Waals surface area (Å²) in [5.41, 5.74) is 1.39. The maximum atomic E-state index is 4.71. The molecule has 0 saturated heterocycles.